The van der Waals surface area contributed by atoms with E-state index in [4.69, 9.17) is 9.47 Å². The minimum atomic E-state index is -0.411. The number of rotatable bonds is 7. The van der Waals surface area contributed by atoms with Crippen LogP contribution in [0.15, 0.2) is 76.4 Å². The molecule has 4 aromatic rings. The third kappa shape index (κ3) is 5.18. The molecule has 0 bridgehead atoms. The Morgan fingerprint density at radius 1 is 0.974 bits per heavy atom. The zero-order valence-corrected chi connectivity index (χ0v) is 22.4. The van der Waals surface area contributed by atoms with Crippen LogP contribution in [-0.2, 0) is 11.8 Å². The van der Waals surface area contributed by atoms with E-state index in [0.717, 1.165) is 22.8 Å². The Labute approximate surface area is 228 Å². The smallest absolute Gasteiger partial charge is 0.290 e. The number of imide groups is 1. The second kappa shape index (κ2) is 10.8. The Morgan fingerprint density at radius 2 is 1.74 bits per heavy atom. The van der Waals surface area contributed by atoms with Gasteiger partial charge in [-0.1, -0.05) is 24.3 Å². The van der Waals surface area contributed by atoms with Crippen molar-refractivity contribution in [3.63, 3.8) is 0 Å². The van der Waals surface area contributed by atoms with E-state index in [1.807, 2.05) is 29.8 Å². The first-order chi connectivity index (χ1) is 18.7. The van der Waals surface area contributed by atoms with E-state index < -0.39 is 11.1 Å². The highest BCUT2D eigenvalue weighted by atomic mass is 32.2. The van der Waals surface area contributed by atoms with Crippen molar-refractivity contribution < 1.29 is 23.5 Å². The van der Waals surface area contributed by atoms with Crippen LogP contribution in [-0.4, -0.2) is 28.9 Å². The molecule has 3 aromatic carbocycles. The Bertz CT molecular complexity index is 1730. The van der Waals surface area contributed by atoms with Crippen LogP contribution in [0.25, 0.3) is 27.7 Å². The number of carbonyl (C=O) groups is 2. The Balaban J connectivity index is 1.40. The second-order valence-electron chi connectivity index (χ2n) is 9.06. The lowest BCUT2D eigenvalue weighted by molar-refractivity contribution is -0.115. The number of nitrogens with zero attached hydrogens (tertiary/aromatic N) is 1. The number of pyridine rings is 1. The lowest BCUT2D eigenvalue weighted by Crippen LogP contribution is -2.19. The minimum Gasteiger partial charge on any atom is -0.490 e. The van der Waals surface area contributed by atoms with Gasteiger partial charge in [0.1, 0.15) is 24.8 Å². The number of aryl methyl sites for hydroxylation is 2. The number of carbonyl (C=O) groups excluding carboxylic acids is 2. The van der Waals surface area contributed by atoms with Gasteiger partial charge in [0.15, 0.2) is 5.75 Å². The molecule has 5 rings (SSSR count). The maximum absolute atomic E-state index is 13.9. The van der Waals surface area contributed by atoms with Crippen molar-refractivity contribution in [3.05, 3.63) is 98.8 Å². The van der Waals surface area contributed by atoms with E-state index in [1.165, 1.54) is 12.1 Å². The van der Waals surface area contributed by atoms with Crippen LogP contribution in [0.2, 0.25) is 0 Å². The molecule has 9 heteroatoms. The van der Waals surface area contributed by atoms with E-state index in [1.54, 1.807) is 50.2 Å². The van der Waals surface area contributed by atoms with Crippen LogP contribution >= 0.6 is 11.8 Å². The Kier molecular flexibility index (Phi) is 7.26. The van der Waals surface area contributed by atoms with Crippen LogP contribution in [0.3, 0.4) is 0 Å². The van der Waals surface area contributed by atoms with Crippen LogP contribution < -0.4 is 20.2 Å². The molecule has 1 fully saturated rings. The van der Waals surface area contributed by atoms with Crippen molar-refractivity contribution in [2.24, 2.45) is 7.05 Å². The summed E-state index contributed by atoms with van der Waals surface area (Å²) >= 11 is 0.873. The maximum atomic E-state index is 13.9. The number of thioether (sulfide) groups is 1. The summed E-state index contributed by atoms with van der Waals surface area (Å²) in [5.74, 6) is -0.0549. The zero-order valence-electron chi connectivity index (χ0n) is 21.5. The number of fused-ring (bicyclic) bond motifs is 1. The topological polar surface area (TPSA) is 86.6 Å². The van der Waals surface area contributed by atoms with Crippen LogP contribution in [0.4, 0.5) is 9.18 Å². The number of benzene rings is 3. The highest BCUT2D eigenvalue weighted by Gasteiger charge is 2.27. The molecule has 2 heterocycles. The van der Waals surface area contributed by atoms with E-state index in [-0.39, 0.29) is 30.2 Å². The molecular weight excluding hydrogens is 519 g/mol. The molecule has 0 unspecified atom stereocenters. The van der Waals surface area contributed by atoms with Crippen molar-refractivity contribution in [2.75, 3.05) is 13.2 Å². The van der Waals surface area contributed by atoms with Crippen LogP contribution in [0, 0.1) is 12.7 Å². The van der Waals surface area contributed by atoms with Gasteiger partial charge in [-0.15, -0.1) is 0 Å². The van der Waals surface area contributed by atoms with Gasteiger partial charge >= 0.3 is 0 Å². The summed E-state index contributed by atoms with van der Waals surface area (Å²) in [5, 5.41) is 2.39. The lowest BCUT2D eigenvalue weighted by atomic mass is 10.0. The number of para-hydroxylation sites is 1. The number of ether oxygens (including phenoxy) is 2. The van der Waals surface area contributed by atoms with Crippen molar-refractivity contribution in [1.29, 1.82) is 0 Å². The maximum Gasteiger partial charge on any atom is 0.290 e. The van der Waals surface area contributed by atoms with Gasteiger partial charge in [0.2, 0.25) is 5.43 Å². The second-order valence-corrected chi connectivity index (χ2v) is 10.0. The number of aromatic nitrogens is 1. The van der Waals surface area contributed by atoms with Gasteiger partial charge in [-0.2, -0.15) is 0 Å². The molecule has 1 aliphatic rings. The average molecular weight is 545 g/mol. The van der Waals surface area contributed by atoms with Gasteiger partial charge in [0.25, 0.3) is 11.1 Å². The van der Waals surface area contributed by atoms with Crippen molar-refractivity contribution >= 4 is 39.4 Å². The first-order valence-corrected chi connectivity index (χ1v) is 13.0. The van der Waals surface area contributed by atoms with E-state index >= 15 is 0 Å². The monoisotopic (exact) mass is 544 g/mol. The molecule has 198 valence electrons. The summed E-state index contributed by atoms with van der Waals surface area (Å²) in [6.07, 6.45) is 0. The number of hydrogen-bond acceptors (Lipinski definition) is 6. The molecule has 1 saturated heterocycles. The van der Waals surface area contributed by atoms with E-state index in [0.29, 0.717) is 38.4 Å². The highest BCUT2D eigenvalue weighted by molar-refractivity contribution is 8.18. The highest BCUT2D eigenvalue weighted by Crippen LogP contribution is 2.34. The first-order valence-electron chi connectivity index (χ1n) is 12.2. The summed E-state index contributed by atoms with van der Waals surface area (Å²) in [6, 6.07) is 18.9. The fraction of sp³-hybridized carbons (Fsp3) is 0.167. The molecule has 0 radical (unpaired) electrons. The Hall–Kier alpha value is -4.37. The molecule has 2 amide bonds. The Morgan fingerprint density at radius 3 is 2.49 bits per heavy atom. The third-order valence-corrected chi connectivity index (χ3v) is 7.52. The predicted molar refractivity (Wildman–Crippen MR) is 150 cm³/mol. The first kappa shape index (κ1) is 26.2. The SMILES string of the molecule is C/C(=C1\SC(=O)NC1=O)c1cccc(OCCOc2c(-c3ccc(F)cc3C)n(C)c3ccccc3c2=O)c1. The van der Waals surface area contributed by atoms with Crippen molar-refractivity contribution in [1.82, 2.24) is 9.88 Å². The standard InChI is InChI=1S/C30H25FN2O5S/c1-17-15-20(31)11-12-22(17)25-27(26(34)23-9-4-5-10-24(23)33(25)3)38-14-13-37-21-8-6-7-19(16-21)18(2)28-29(35)32-30(36)39-28/h4-12,15-16H,13-14H2,1-3H3,(H,32,35,36)/b28-18+. The minimum absolute atomic E-state index is 0.0812. The summed E-state index contributed by atoms with van der Waals surface area (Å²) in [4.78, 5) is 37.4. The molecule has 1 aliphatic heterocycles. The normalized spacial score (nSPS) is 14.5. The van der Waals surface area contributed by atoms with Gasteiger partial charge < -0.3 is 14.0 Å². The van der Waals surface area contributed by atoms with E-state index in [9.17, 15) is 18.8 Å². The third-order valence-electron chi connectivity index (χ3n) is 6.53. The number of halogens is 1. The van der Waals surface area contributed by atoms with Crippen LogP contribution in [0.1, 0.15) is 18.1 Å². The number of allylic oxidation sites excluding steroid dienone is 1. The number of hydrogen-bond donors (Lipinski definition) is 1. The van der Waals surface area contributed by atoms with E-state index in [2.05, 4.69) is 5.32 Å². The molecule has 39 heavy (non-hydrogen) atoms. The molecule has 1 aromatic heterocycles. The number of nitrogens with one attached hydrogen (secondary N) is 1. The fourth-order valence-electron chi connectivity index (χ4n) is 4.60. The molecule has 7 nitrogen and oxygen atoms in total. The molecular formula is C30H25FN2O5S. The van der Waals surface area contributed by atoms with Gasteiger partial charge in [0.05, 0.1) is 16.1 Å². The molecule has 0 spiro atoms. The summed E-state index contributed by atoms with van der Waals surface area (Å²) < 4.78 is 27.7. The predicted octanol–water partition coefficient (Wildman–Crippen LogP) is 5.82. The van der Waals surface area contributed by atoms with Gasteiger partial charge in [-0.3, -0.25) is 19.7 Å². The number of amides is 2. The van der Waals surface area contributed by atoms with Crippen molar-refractivity contribution in [2.45, 2.75) is 13.8 Å². The van der Waals surface area contributed by atoms with Crippen LogP contribution in [0.5, 0.6) is 11.5 Å². The van der Waals surface area contributed by atoms with Gasteiger partial charge in [0, 0.05) is 18.0 Å². The molecule has 0 atom stereocenters. The van der Waals surface area contributed by atoms with Crippen molar-refractivity contribution in [3.8, 4) is 22.8 Å². The lowest BCUT2D eigenvalue weighted by Gasteiger charge is -2.19. The zero-order chi connectivity index (χ0) is 27.7. The summed E-state index contributed by atoms with van der Waals surface area (Å²) in [6.45, 7) is 3.79. The molecule has 0 aliphatic carbocycles. The summed E-state index contributed by atoms with van der Waals surface area (Å²) in [5.41, 5.74) is 3.83. The van der Waals surface area contributed by atoms with Gasteiger partial charge in [-0.05, 0) is 84.8 Å². The van der Waals surface area contributed by atoms with Gasteiger partial charge in [-0.25, -0.2) is 4.39 Å². The molecule has 0 saturated carbocycles. The average Bonchev–Trinajstić information content (AvgIpc) is 3.27. The largest absolute Gasteiger partial charge is 0.490 e. The molecule has 1 N–H and O–H groups in total. The quantitative estimate of drug-likeness (QED) is 0.233. The summed E-state index contributed by atoms with van der Waals surface area (Å²) in [7, 11) is 1.85. The fourth-order valence-corrected chi connectivity index (χ4v) is 5.35.